The second-order valence-electron chi connectivity index (χ2n) is 11.8. The molecule has 0 bridgehead atoms. The van der Waals surface area contributed by atoms with E-state index in [0.29, 0.717) is 19.3 Å². The highest BCUT2D eigenvalue weighted by atomic mass is 19.4. The third-order valence-corrected chi connectivity index (χ3v) is 9.85. The number of aliphatic hydroxyl groups excluding tert-OH is 2. The minimum Gasteiger partial charge on any atom is -0.508 e. The molecule has 10 heteroatoms. The molecule has 7 atom stereocenters. The second kappa shape index (κ2) is 9.68. The lowest BCUT2D eigenvalue weighted by atomic mass is 9.44. The number of phenolic OH excluding ortho intramolecular Hbond substituents is 1. The molecular formula is C28H35F7O3. The largest absolute Gasteiger partial charge is 0.508 e. The standard InChI is InChI=1S/C28H35F7O3/c1-3-25-13-12-16-14-18(36)8-9-19(16)23(25)17(15-24(2)20(25)10-11-21(24)37)6-4-5-7-22(38)26(29,30)27(31,32)28(33,34)35/h3,8-9,14,17,20-23,36-38H,1,4-7,10-13,15H2,2H3/t17-,20+,21-,22+,23+,24-,25?/m0/s1. The fourth-order valence-electron chi connectivity index (χ4n) is 8.02. The van der Waals surface area contributed by atoms with Gasteiger partial charge < -0.3 is 15.3 Å². The summed E-state index contributed by atoms with van der Waals surface area (Å²) in [4.78, 5) is 0. The molecule has 4 rings (SSSR count). The molecule has 2 fully saturated rings. The Balaban J connectivity index is 1.55. The van der Waals surface area contributed by atoms with E-state index in [-0.39, 0.29) is 41.8 Å². The van der Waals surface area contributed by atoms with Crippen LogP contribution in [0.3, 0.4) is 0 Å². The summed E-state index contributed by atoms with van der Waals surface area (Å²) in [5.74, 6) is -11.8. The van der Waals surface area contributed by atoms with E-state index in [4.69, 9.17) is 0 Å². The Bertz CT molecular complexity index is 1040. The molecule has 3 N–H and O–H groups in total. The maximum atomic E-state index is 13.8. The zero-order valence-corrected chi connectivity index (χ0v) is 21.3. The van der Waals surface area contributed by atoms with E-state index in [0.717, 1.165) is 30.4 Å². The van der Waals surface area contributed by atoms with Crippen molar-refractivity contribution in [1.29, 1.82) is 0 Å². The van der Waals surface area contributed by atoms with Gasteiger partial charge in [-0.25, -0.2) is 0 Å². The lowest BCUT2D eigenvalue weighted by Gasteiger charge is -2.60. The first kappa shape index (κ1) is 29.2. The Kier molecular flexibility index (Phi) is 7.43. The minimum absolute atomic E-state index is 0.0337. The lowest BCUT2D eigenvalue weighted by molar-refractivity contribution is -0.371. The van der Waals surface area contributed by atoms with Gasteiger partial charge >= 0.3 is 18.0 Å². The molecule has 0 aromatic heterocycles. The van der Waals surface area contributed by atoms with Gasteiger partial charge in [0.15, 0.2) is 0 Å². The van der Waals surface area contributed by atoms with Crippen molar-refractivity contribution in [3.63, 3.8) is 0 Å². The molecule has 0 spiro atoms. The van der Waals surface area contributed by atoms with Gasteiger partial charge in [0.2, 0.25) is 0 Å². The van der Waals surface area contributed by atoms with Crippen LogP contribution in [0.5, 0.6) is 5.75 Å². The van der Waals surface area contributed by atoms with Gasteiger partial charge in [0.25, 0.3) is 0 Å². The molecule has 0 saturated heterocycles. The van der Waals surface area contributed by atoms with Crippen molar-refractivity contribution in [2.24, 2.45) is 22.7 Å². The molecule has 1 aromatic rings. The van der Waals surface area contributed by atoms with Gasteiger partial charge in [-0.3, -0.25) is 0 Å². The number of hydrogen-bond donors (Lipinski definition) is 3. The van der Waals surface area contributed by atoms with E-state index in [2.05, 4.69) is 13.5 Å². The van der Waals surface area contributed by atoms with Crippen LogP contribution in [-0.4, -0.2) is 45.5 Å². The van der Waals surface area contributed by atoms with Crippen LogP contribution in [0.1, 0.15) is 75.3 Å². The number of aromatic hydroxyl groups is 1. The molecule has 1 unspecified atom stereocenters. The zero-order valence-electron chi connectivity index (χ0n) is 21.3. The van der Waals surface area contributed by atoms with Crippen molar-refractivity contribution >= 4 is 0 Å². The van der Waals surface area contributed by atoms with Crippen molar-refractivity contribution in [3.8, 4) is 5.75 Å². The number of unbranched alkanes of at least 4 members (excludes halogenated alkanes) is 1. The Morgan fingerprint density at radius 2 is 1.79 bits per heavy atom. The quantitative estimate of drug-likeness (QED) is 0.182. The van der Waals surface area contributed by atoms with Crippen LogP contribution in [0.2, 0.25) is 0 Å². The number of allylic oxidation sites excluding steroid dienone is 1. The summed E-state index contributed by atoms with van der Waals surface area (Å²) in [6, 6.07) is 5.24. The third kappa shape index (κ3) is 4.34. The van der Waals surface area contributed by atoms with Crippen LogP contribution >= 0.6 is 0 Å². The molecule has 3 aliphatic carbocycles. The molecule has 1 aromatic carbocycles. The van der Waals surface area contributed by atoms with Crippen LogP contribution in [0.25, 0.3) is 0 Å². The topological polar surface area (TPSA) is 60.7 Å². The normalized spacial score (nSPS) is 34.3. The summed E-state index contributed by atoms with van der Waals surface area (Å²) in [5, 5.41) is 30.6. The van der Waals surface area contributed by atoms with E-state index in [9.17, 15) is 46.1 Å². The Hall–Kier alpha value is -1.81. The van der Waals surface area contributed by atoms with Gasteiger partial charge in [-0.2, -0.15) is 30.7 Å². The molecule has 0 heterocycles. The number of alkyl halides is 7. The molecule has 3 aliphatic rings. The summed E-state index contributed by atoms with van der Waals surface area (Å²) in [6.45, 7) is 6.24. The van der Waals surface area contributed by atoms with E-state index in [1.54, 1.807) is 12.1 Å². The number of hydrogen-bond acceptors (Lipinski definition) is 3. The summed E-state index contributed by atoms with van der Waals surface area (Å²) in [5.41, 5.74) is 1.30. The van der Waals surface area contributed by atoms with Gasteiger partial charge in [-0.05, 0) is 96.8 Å². The van der Waals surface area contributed by atoms with Crippen LogP contribution in [-0.2, 0) is 6.42 Å². The maximum absolute atomic E-state index is 13.8. The number of fused-ring (bicyclic) bond motifs is 5. The Morgan fingerprint density at radius 1 is 1.11 bits per heavy atom. The number of aliphatic hydroxyl groups is 2. The van der Waals surface area contributed by atoms with Crippen LogP contribution in [0.15, 0.2) is 30.9 Å². The smallest absolute Gasteiger partial charge is 0.459 e. The molecule has 0 aliphatic heterocycles. The highest BCUT2D eigenvalue weighted by molar-refractivity contribution is 5.43. The predicted molar refractivity (Wildman–Crippen MR) is 127 cm³/mol. The third-order valence-electron chi connectivity index (χ3n) is 9.85. The molecule has 2 saturated carbocycles. The van der Waals surface area contributed by atoms with Crippen molar-refractivity contribution < 1.29 is 46.1 Å². The monoisotopic (exact) mass is 552 g/mol. The van der Waals surface area contributed by atoms with Crippen LogP contribution in [0.4, 0.5) is 30.7 Å². The molecule has 3 nitrogen and oxygen atoms in total. The van der Waals surface area contributed by atoms with Crippen molar-refractivity contribution in [1.82, 2.24) is 0 Å². The van der Waals surface area contributed by atoms with Gasteiger partial charge in [0.1, 0.15) is 11.9 Å². The molecule has 0 amide bonds. The maximum Gasteiger partial charge on any atom is 0.459 e. The summed E-state index contributed by atoms with van der Waals surface area (Å²) < 4.78 is 91.8. The second-order valence-corrected chi connectivity index (χ2v) is 11.8. The SMILES string of the molecule is C=CC12CCc3cc(O)ccc3[C@H]1[C@@H](CCCC[C@@H](O)C(F)(F)C(F)(F)C(F)(F)F)C[C@]1(C)[C@@H](O)CC[C@@H]21. The van der Waals surface area contributed by atoms with Crippen molar-refractivity contribution in [2.45, 2.75) is 101 Å². The first-order chi connectivity index (χ1) is 17.5. The highest BCUT2D eigenvalue weighted by Crippen LogP contribution is 2.69. The first-order valence-corrected chi connectivity index (χ1v) is 13.2. The van der Waals surface area contributed by atoms with Crippen molar-refractivity contribution in [3.05, 3.63) is 42.0 Å². The number of aryl methyl sites for hydroxylation is 1. The minimum atomic E-state index is -6.48. The van der Waals surface area contributed by atoms with Gasteiger partial charge in [-0.1, -0.05) is 31.9 Å². The van der Waals surface area contributed by atoms with E-state index in [1.807, 2.05) is 12.1 Å². The fraction of sp³-hybridized carbons (Fsp3) is 0.714. The summed E-state index contributed by atoms with van der Waals surface area (Å²) in [6.07, 6.45) is -4.99. The average molecular weight is 553 g/mol. The molecule has 0 radical (unpaired) electrons. The van der Waals surface area contributed by atoms with Crippen molar-refractivity contribution in [2.75, 3.05) is 0 Å². The Labute approximate surface area is 217 Å². The van der Waals surface area contributed by atoms with Crippen LogP contribution < -0.4 is 0 Å². The molecule has 214 valence electrons. The van der Waals surface area contributed by atoms with Gasteiger partial charge in [0.05, 0.1) is 6.10 Å². The van der Waals surface area contributed by atoms with E-state index in [1.165, 1.54) is 0 Å². The summed E-state index contributed by atoms with van der Waals surface area (Å²) >= 11 is 0. The molecule has 38 heavy (non-hydrogen) atoms. The van der Waals surface area contributed by atoms with E-state index >= 15 is 0 Å². The first-order valence-electron chi connectivity index (χ1n) is 13.2. The zero-order chi connectivity index (χ0) is 28.3. The highest BCUT2D eigenvalue weighted by Gasteiger charge is 2.75. The lowest BCUT2D eigenvalue weighted by Crippen LogP contribution is -2.57. The van der Waals surface area contributed by atoms with Crippen LogP contribution in [0, 0.1) is 22.7 Å². The number of halogens is 7. The number of benzene rings is 1. The Morgan fingerprint density at radius 3 is 2.42 bits per heavy atom. The van der Waals surface area contributed by atoms with E-state index < -0.39 is 42.1 Å². The predicted octanol–water partition coefficient (Wildman–Crippen LogP) is 7.15. The average Bonchev–Trinajstić information content (AvgIpc) is 3.14. The van der Waals surface area contributed by atoms with Gasteiger partial charge in [0, 0.05) is 0 Å². The number of phenols is 1. The summed E-state index contributed by atoms with van der Waals surface area (Å²) in [7, 11) is 0. The fourth-order valence-corrected chi connectivity index (χ4v) is 8.02. The number of rotatable bonds is 8. The van der Waals surface area contributed by atoms with Gasteiger partial charge in [-0.15, -0.1) is 6.58 Å². The molecular weight excluding hydrogens is 517 g/mol.